The largest absolute Gasteiger partial charge is 0.494 e. The smallest absolute Gasteiger partial charge is 0.119 e. The van der Waals surface area contributed by atoms with E-state index in [1.54, 1.807) is 0 Å². The van der Waals surface area contributed by atoms with Crippen LogP contribution in [-0.2, 0) is 5.54 Å². The number of benzene rings is 1. The zero-order valence-electron chi connectivity index (χ0n) is 13.0. The first-order valence-electron chi connectivity index (χ1n) is 8.20. The second kappa shape index (κ2) is 7.12. The Morgan fingerprint density at radius 2 is 2.10 bits per heavy atom. The quantitative estimate of drug-likeness (QED) is 0.796. The van der Waals surface area contributed by atoms with E-state index in [1.165, 1.54) is 37.7 Å². The molecule has 1 aromatic rings. The van der Waals surface area contributed by atoms with Crippen molar-refractivity contribution in [3.8, 4) is 5.75 Å². The Morgan fingerprint density at radius 3 is 2.85 bits per heavy atom. The molecule has 0 radical (unpaired) electrons. The lowest BCUT2D eigenvalue weighted by atomic mass is 9.83. The lowest BCUT2D eigenvalue weighted by Crippen LogP contribution is -2.36. The predicted molar refractivity (Wildman–Crippen MR) is 85.0 cm³/mol. The summed E-state index contributed by atoms with van der Waals surface area (Å²) in [5.41, 5.74) is 7.84. The van der Waals surface area contributed by atoms with Gasteiger partial charge in [0.2, 0.25) is 0 Å². The standard InChI is InChI=1S/C18H29NO/c1-3-7-15-8-6-12-18(19,13-11-15)16-9-5-10-17(14-16)20-4-2/h5,9-10,14-15H,3-4,6-8,11-13,19H2,1-2H3. The fourth-order valence-electron chi connectivity index (χ4n) is 3.49. The zero-order valence-corrected chi connectivity index (χ0v) is 13.0. The summed E-state index contributed by atoms with van der Waals surface area (Å²) < 4.78 is 5.62. The van der Waals surface area contributed by atoms with E-state index in [-0.39, 0.29) is 5.54 Å². The summed E-state index contributed by atoms with van der Waals surface area (Å²) in [6, 6.07) is 8.41. The molecule has 0 aromatic heterocycles. The van der Waals surface area contributed by atoms with Crippen LogP contribution in [0.5, 0.6) is 5.75 Å². The van der Waals surface area contributed by atoms with Gasteiger partial charge in [-0.15, -0.1) is 0 Å². The molecule has 1 aromatic carbocycles. The van der Waals surface area contributed by atoms with Gasteiger partial charge in [-0.1, -0.05) is 44.7 Å². The lowest BCUT2D eigenvalue weighted by molar-refractivity contribution is 0.334. The van der Waals surface area contributed by atoms with Crippen LogP contribution in [0.4, 0.5) is 0 Å². The Kier molecular flexibility index (Phi) is 5.47. The molecule has 0 spiro atoms. The molecule has 1 aliphatic carbocycles. The van der Waals surface area contributed by atoms with Gasteiger partial charge in [0.25, 0.3) is 0 Å². The monoisotopic (exact) mass is 275 g/mol. The van der Waals surface area contributed by atoms with Crippen molar-refractivity contribution in [2.24, 2.45) is 11.7 Å². The van der Waals surface area contributed by atoms with Crippen LogP contribution in [0.1, 0.15) is 64.4 Å². The van der Waals surface area contributed by atoms with Crippen molar-refractivity contribution in [1.29, 1.82) is 0 Å². The van der Waals surface area contributed by atoms with Crippen LogP contribution < -0.4 is 10.5 Å². The number of hydrogen-bond acceptors (Lipinski definition) is 2. The van der Waals surface area contributed by atoms with Crippen LogP contribution in [0.3, 0.4) is 0 Å². The van der Waals surface area contributed by atoms with Gasteiger partial charge in [-0.2, -0.15) is 0 Å². The highest BCUT2D eigenvalue weighted by Gasteiger charge is 2.31. The zero-order chi connectivity index (χ0) is 14.4. The van der Waals surface area contributed by atoms with Gasteiger partial charge in [0.05, 0.1) is 6.61 Å². The molecule has 2 unspecified atom stereocenters. The molecule has 0 amide bonds. The summed E-state index contributed by atoms with van der Waals surface area (Å²) in [4.78, 5) is 0. The molecule has 2 atom stereocenters. The summed E-state index contributed by atoms with van der Waals surface area (Å²) in [6.45, 7) is 5.01. The maximum atomic E-state index is 6.75. The van der Waals surface area contributed by atoms with Crippen molar-refractivity contribution < 1.29 is 4.74 Å². The van der Waals surface area contributed by atoms with Crippen molar-refractivity contribution in [1.82, 2.24) is 0 Å². The minimum Gasteiger partial charge on any atom is -0.494 e. The van der Waals surface area contributed by atoms with Crippen LogP contribution in [0, 0.1) is 5.92 Å². The minimum absolute atomic E-state index is 0.157. The molecular formula is C18H29NO. The number of hydrogen-bond donors (Lipinski definition) is 1. The molecule has 1 saturated carbocycles. The molecule has 0 saturated heterocycles. The molecule has 0 bridgehead atoms. The Hall–Kier alpha value is -1.02. The van der Waals surface area contributed by atoms with Gasteiger partial charge < -0.3 is 10.5 Å². The Labute approximate surface area is 123 Å². The maximum absolute atomic E-state index is 6.75. The normalized spacial score (nSPS) is 27.1. The molecular weight excluding hydrogens is 246 g/mol. The summed E-state index contributed by atoms with van der Waals surface area (Å²) in [5, 5.41) is 0. The molecule has 2 N–H and O–H groups in total. The Balaban J connectivity index is 2.11. The molecule has 112 valence electrons. The van der Waals surface area contributed by atoms with Gasteiger partial charge in [0.15, 0.2) is 0 Å². The van der Waals surface area contributed by atoms with Gasteiger partial charge in [-0.3, -0.25) is 0 Å². The third-order valence-corrected chi connectivity index (χ3v) is 4.65. The van der Waals surface area contributed by atoms with Crippen molar-refractivity contribution in [2.45, 2.75) is 64.3 Å². The molecule has 2 heteroatoms. The average molecular weight is 275 g/mol. The van der Waals surface area contributed by atoms with E-state index >= 15 is 0 Å². The first kappa shape index (κ1) is 15.4. The van der Waals surface area contributed by atoms with E-state index in [1.807, 2.05) is 13.0 Å². The topological polar surface area (TPSA) is 35.2 Å². The molecule has 2 nitrogen and oxygen atoms in total. The molecule has 20 heavy (non-hydrogen) atoms. The van der Waals surface area contributed by atoms with Crippen LogP contribution in [0.2, 0.25) is 0 Å². The van der Waals surface area contributed by atoms with Crippen molar-refractivity contribution in [3.63, 3.8) is 0 Å². The van der Waals surface area contributed by atoms with E-state index in [9.17, 15) is 0 Å². The molecule has 0 aliphatic heterocycles. The van der Waals surface area contributed by atoms with Crippen LogP contribution in [0.25, 0.3) is 0 Å². The summed E-state index contributed by atoms with van der Waals surface area (Å²) in [7, 11) is 0. The second-order valence-electron chi connectivity index (χ2n) is 6.20. The van der Waals surface area contributed by atoms with E-state index in [4.69, 9.17) is 10.5 Å². The summed E-state index contributed by atoms with van der Waals surface area (Å²) in [6.07, 6.45) is 8.72. The molecule has 2 rings (SSSR count). The molecule has 1 fully saturated rings. The summed E-state index contributed by atoms with van der Waals surface area (Å²) >= 11 is 0. The average Bonchev–Trinajstić information content (AvgIpc) is 2.64. The van der Waals surface area contributed by atoms with Gasteiger partial charge in [-0.05, 0) is 49.8 Å². The predicted octanol–water partition coefficient (Wildman–Crippen LogP) is 4.62. The number of rotatable bonds is 5. The van der Waals surface area contributed by atoms with E-state index < -0.39 is 0 Å². The van der Waals surface area contributed by atoms with Gasteiger partial charge in [0.1, 0.15) is 5.75 Å². The highest BCUT2D eigenvalue weighted by molar-refractivity contribution is 5.33. The van der Waals surface area contributed by atoms with E-state index in [0.717, 1.165) is 24.5 Å². The molecule has 0 heterocycles. The van der Waals surface area contributed by atoms with E-state index in [2.05, 4.69) is 25.1 Å². The highest BCUT2D eigenvalue weighted by Crippen LogP contribution is 2.38. The van der Waals surface area contributed by atoms with Crippen LogP contribution >= 0.6 is 0 Å². The summed E-state index contributed by atoms with van der Waals surface area (Å²) in [5.74, 6) is 1.82. The first-order chi connectivity index (χ1) is 9.68. The molecule has 1 aliphatic rings. The van der Waals surface area contributed by atoms with Crippen molar-refractivity contribution >= 4 is 0 Å². The highest BCUT2D eigenvalue weighted by atomic mass is 16.5. The lowest BCUT2D eigenvalue weighted by Gasteiger charge is -2.29. The number of ether oxygens (including phenoxy) is 1. The number of nitrogens with two attached hydrogens (primary N) is 1. The van der Waals surface area contributed by atoms with Gasteiger partial charge in [-0.25, -0.2) is 0 Å². The fraction of sp³-hybridized carbons (Fsp3) is 0.667. The second-order valence-corrected chi connectivity index (χ2v) is 6.20. The first-order valence-corrected chi connectivity index (χ1v) is 8.20. The van der Waals surface area contributed by atoms with Crippen molar-refractivity contribution in [3.05, 3.63) is 29.8 Å². The Morgan fingerprint density at radius 1 is 1.25 bits per heavy atom. The third-order valence-electron chi connectivity index (χ3n) is 4.65. The maximum Gasteiger partial charge on any atom is 0.119 e. The fourth-order valence-corrected chi connectivity index (χ4v) is 3.49. The third kappa shape index (κ3) is 3.76. The Bertz CT molecular complexity index is 418. The SMILES string of the molecule is CCCC1CCCC(N)(c2cccc(OCC)c2)CC1. The van der Waals surface area contributed by atoms with Crippen molar-refractivity contribution in [2.75, 3.05) is 6.61 Å². The van der Waals surface area contributed by atoms with E-state index in [0.29, 0.717) is 6.61 Å². The minimum atomic E-state index is -0.157. The van der Waals surface area contributed by atoms with Gasteiger partial charge in [0, 0.05) is 5.54 Å². The van der Waals surface area contributed by atoms with Crippen LogP contribution in [0.15, 0.2) is 24.3 Å². The van der Waals surface area contributed by atoms with Crippen LogP contribution in [-0.4, -0.2) is 6.61 Å². The van der Waals surface area contributed by atoms with Gasteiger partial charge >= 0.3 is 0 Å².